The molecule has 3 heterocycles. The van der Waals surface area contributed by atoms with E-state index in [-0.39, 0.29) is 22.8 Å². The largest absolute Gasteiger partial charge is 0.439 e. The maximum atomic E-state index is 15.1. The summed E-state index contributed by atoms with van der Waals surface area (Å²) in [6, 6.07) is -0.0361. The number of urea groups is 1. The SMILES string of the molecule is CC(C)[C@H]([NH3+])C(=O)OCn1c(-c2ccc(F)c(C(F)(F)F)c2F)csc1=NC(=O)CC1=CSC2C1C(=O)N(C)C(=O)N2C. The molecule has 1 aromatic carbocycles. The number of aromatic nitrogens is 1. The van der Waals surface area contributed by atoms with Gasteiger partial charge in [0.05, 0.1) is 23.4 Å². The second-order valence-electron chi connectivity index (χ2n) is 10.2. The van der Waals surface area contributed by atoms with Gasteiger partial charge in [0.2, 0.25) is 5.91 Å². The lowest BCUT2D eigenvalue weighted by Gasteiger charge is -2.38. The quantitative estimate of drug-likeness (QED) is 0.363. The number of thiazole rings is 1. The molecule has 0 spiro atoms. The molecule has 2 aliphatic rings. The molecule has 2 aliphatic heterocycles. The number of halogens is 5. The van der Waals surface area contributed by atoms with Gasteiger partial charge in [0, 0.05) is 31.0 Å². The third-order valence-electron chi connectivity index (χ3n) is 7.08. The number of nitrogens with zero attached hydrogens (tertiary/aromatic N) is 4. The number of benzene rings is 1. The minimum absolute atomic E-state index is 0.155. The smallest absolute Gasteiger partial charge is 0.422 e. The lowest BCUT2D eigenvalue weighted by atomic mass is 9.94. The average Bonchev–Trinajstić information content (AvgIpc) is 3.52. The minimum atomic E-state index is -5.34. The Labute approximate surface area is 250 Å². The number of imide groups is 1. The molecule has 2 unspecified atom stereocenters. The first kappa shape index (κ1) is 32.3. The summed E-state index contributed by atoms with van der Waals surface area (Å²) >= 11 is 1.95. The van der Waals surface area contributed by atoms with E-state index in [1.807, 2.05) is 0 Å². The van der Waals surface area contributed by atoms with E-state index in [1.54, 1.807) is 19.3 Å². The fraction of sp³-hybridized carbons (Fsp3) is 0.423. The molecule has 0 radical (unpaired) electrons. The molecule has 4 amide bonds. The van der Waals surface area contributed by atoms with Gasteiger partial charge in [0.15, 0.2) is 17.6 Å². The van der Waals surface area contributed by atoms with E-state index < -0.39 is 76.8 Å². The summed E-state index contributed by atoms with van der Waals surface area (Å²) < 4.78 is 75.7. The maximum Gasteiger partial charge on any atom is 0.422 e. The van der Waals surface area contributed by atoms with Crippen LogP contribution in [0, 0.1) is 23.5 Å². The Balaban J connectivity index is 1.71. The molecular weight excluding hydrogens is 621 g/mol. The second-order valence-corrected chi connectivity index (χ2v) is 12.1. The number of carbonyl (C=O) groups excluding carboxylic acids is 4. The summed E-state index contributed by atoms with van der Waals surface area (Å²) in [5.74, 6) is -6.71. The van der Waals surface area contributed by atoms with Crippen LogP contribution in [0.4, 0.5) is 26.7 Å². The number of rotatable bonds is 7. The van der Waals surface area contributed by atoms with E-state index in [1.165, 1.54) is 36.1 Å². The van der Waals surface area contributed by atoms with Crippen molar-refractivity contribution in [2.45, 2.75) is 44.6 Å². The van der Waals surface area contributed by atoms with Gasteiger partial charge in [-0.1, -0.05) is 13.8 Å². The molecule has 1 aromatic heterocycles. The third kappa shape index (κ3) is 6.24. The number of hydrogen-bond acceptors (Lipinski definition) is 7. The Kier molecular flexibility index (Phi) is 9.18. The highest BCUT2D eigenvalue weighted by molar-refractivity contribution is 8.03. The van der Waals surface area contributed by atoms with Gasteiger partial charge < -0.3 is 15.4 Å². The van der Waals surface area contributed by atoms with Crippen molar-refractivity contribution in [3.63, 3.8) is 0 Å². The second kappa shape index (κ2) is 12.2. The van der Waals surface area contributed by atoms with Crippen LogP contribution in [-0.4, -0.2) is 63.7 Å². The van der Waals surface area contributed by atoms with Crippen molar-refractivity contribution >= 4 is 46.9 Å². The van der Waals surface area contributed by atoms with Crippen LogP contribution in [0.15, 0.2) is 33.5 Å². The molecule has 4 rings (SSSR count). The first-order valence-electron chi connectivity index (χ1n) is 12.7. The molecule has 232 valence electrons. The number of esters is 1. The van der Waals surface area contributed by atoms with Gasteiger partial charge in [0.1, 0.15) is 17.2 Å². The summed E-state index contributed by atoms with van der Waals surface area (Å²) in [5.41, 5.74) is 1.11. The molecule has 0 saturated carbocycles. The fourth-order valence-electron chi connectivity index (χ4n) is 4.49. The average molecular weight is 649 g/mol. The predicted octanol–water partition coefficient (Wildman–Crippen LogP) is 3.20. The highest BCUT2D eigenvalue weighted by Crippen LogP contribution is 2.43. The Morgan fingerprint density at radius 2 is 1.84 bits per heavy atom. The normalized spacial score (nSPS) is 20.1. The van der Waals surface area contributed by atoms with Crippen LogP contribution in [0.1, 0.15) is 25.8 Å². The zero-order chi connectivity index (χ0) is 32.0. The van der Waals surface area contributed by atoms with Gasteiger partial charge in [-0.3, -0.25) is 19.1 Å². The number of thioether (sulfide) groups is 1. The number of amides is 4. The lowest BCUT2D eigenvalue weighted by Crippen LogP contribution is -2.67. The van der Waals surface area contributed by atoms with Crippen molar-refractivity contribution < 1.29 is 51.6 Å². The van der Waals surface area contributed by atoms with E-state index in [0.29, 0.717) is 11.6 Å². The number of carbonyl (C=O) groups is 4. The van der Waals surface area contributed by atoms with Crippen molar-refractivity contribution in [3.8, 4) is 11.3 Å². The Hall–Kier alpha value is -3.57. The molecule has 10 nitrogen and oxygen atoms in total. The standard InChI is InChI=1S/C26H26F5N5O5S2/c1-11(2)20(32)23(39)41-10-36-15(13-5-6-14(27)18(19(13)28)26(29,30)31)9-43-24(36)33-16(37)7-12-8-42-22-17(12)21(38)34(3)25(40)35(22)4/h5-6,8-9,11,17,20,22H,7,10,32H2,1-4H3/p+1/t17?,20-,22?/m0/s1. The molecule has 0 bridgehead atoms. The first-order valence-corrected chi connectivity index (χ1v) is 14.6. The monoisotopic (exact) mass is 648 g/mol. The summed E-state index contributed by atoms with van der Waals surface area (Å²) in [4.78, 5) is 56.9. The van der Waals surface area contributed by atoms with Gasteiger partial charge >= 0.3 is 18.2 Å². The van der Waals surface area contributed by atoms with E-state index in [2.05, 4.69) is 10.7 Å². The number of fused-ring (bicyclic) bond motifs is 1. The van der Waals surface area contributed by atoms with Crippen molar-refractivity contribution in [2.24, 2.45) is 16.8 Å². The zero-order valence-electron chi connectivity index (χ0n) is 23.3. The minimum Gasteiger partial charge on any atom is -0.439 e. The number of quaternary nitrogens is 1. The topological polar surface area (TPSA) is 129 Å². The molecule has 1 saturated heterocycles. The van der Waals surface area contributed by atoms with Gasteiger partial charge in [-0.15, -0.1) is 23.1 Å². The number of hydrogen-bond donors (Lipinski definition) is 1. The van der Waals surface area contributed by atoms with Crippen LogP contribution in [0.5, 0.6) is 0 Å². The van der Waals surface area contributed by atoms with E-state index in [9.17, 15) is 36.7 Å². The van der Waals surface area contributed by atoms with Crippen molar-refractivity contribution in [2.75, 3.05) is 14.1 Å². The van der Waals surface area contributed by atoms with Gasteiger partial charge in [-0.2, -0.15) is 18.2 Å². The molecule has 2 aromatic rings. The van der Waals surface area contributed by atoms with Crippen LogP contribution >= 0.6 is 23.1 Å². The van der Waals surface area contributed by atoms with E-state index >= 15 is 4.39 Å². The summed E-state index contributed by atoms with van der Waals surface area (Å²) in [7, 11) is 2.86. The van der Waals surface area contributed by atoms with Crippen LogP contribution in [0.2, 0.25) is 0 Å². The zero-order valence-corrected chi connectivity index (χ0v) is 24.9. The number of alkyl halides is 3. The van der Waals surface area contributed by atoms with Crippen LogP contribution in [-0.2, 0) is 32.0 Å². The molecule has 43 heavy (non-hydrogen) atoms. The van der Waals surface area contributed by atoms with Crippen molar-refractivity contribution in [3.05, 3.63) is 50.5 Å². The fourth-order valence-corrected chi connectivity index (χ4v) is 6.65. The summed E-state index contributed by atoms with van der Waals surface area (Å²) in [6.45, 7) is 2.77. The first-order chi connectivity index (χ1) is 20.0. The predicted molar refractivity (Wildman–Crippen MR) is 144 cm³/mol. The summed E-state index contributed by atoms with van der Waals surface area (Å²) in [6.07, 6.45) is -5.67. The molecule has 3 atom stereocenters. The van der Waals surface area contributed by atoms with Gasteiger partial charge in [0.25, 0.3) is 5.91 Å². The highest BCUT2D eigenvalue weighted by atomic mass is 32.2. The van der Waals surface area contributed by atoms with E-state index in [0.717, 1.165) is 26.9 Å². The molecule has 0 aliphatic carbocycles. The maximum absolute atomic E-state index is 15.1. The Bertz CT molecular complexity index is 1580. The molecule has 3 N–H and O–H groups in total. The highest BCUT2D eigenvalue weighted by Gasteiger charge is 2.48. The third-order valence-corrected chi connectivity index (χ3v) is 9.25. The molecule has 17 heteroatoms. The van der Waals surface area contributed by atoms with Gasteiger partial charge in [-0.25, -0.2) is 18.4 Å². The Morgan fingerprint density at radius 3 is 2.47 bits per heavy atom. The lowest BCUT2D eigenvalue weighted by molar-refractivity contribution is -0.419. The van der Waals surface area contributed by atoms with Crippen LogP contribution in [0.25, 0.3) is 11.3 Å². The van der Waals surface area contributed by atoms with Crippen LogP contribution in [0.3, 0.4) is 0 Å². The van der Waals surface area contributed by atoms with Gasteiger partial charge in [-0.05, 0) is 23.1 Å². The number of ether oxygens (including phenoxy) is 1. The molecule has 1 fully saturated rings. The summed E-state index contributed by atoms with van der Waals surface area (Å²) in [5, 5.41) is 2.26. The van der Waals surface area contributed by atoms with Crippen LogP contribution < -0.4 is 10.5 Å². The van der Waals surface area contributed by atoms with Crippen molar-refractivity contribution in [1.29, 1.82) is 0 Å². The van der Waals surface area contributed by atoms with E-state index in [4.69, 9.17) is 4.74 Å². The Morgan fingerprint density at radius 1 is 1.16 bits per heavy atom. The van der Waals surface area contributed by atoms with Crippen molar-refractivity contribution in [1.82, 2.24) is 14.4 Å². The molecular formula is C26H27F5N5O5S2+.